The molecule has 1 heterocycles. The molecule has 1 aromatic heterocycles. The molecule has 0 atom stereocenters. The minimum Gasteiger partial charge on any atom is -0.496 e. The van der Waals surface area contributed by atoms with Gasteiger partial charge >= 0.3 is 0 Å². The van der Waals surface area contributed by atoms with E-state index in [1.807, 2.05) is 39.1 Å². The fraction of sp³-hybridized carbons (Fsp3) is 0.467. The van der Waals surface area contributed by atoms with Crippen LogP contribution in [0.1, 0.15) is 37.0 Å². The molecule has 108 valence electrons. The Balaban J connectivity index is 1.99. The topological polar surface area (TPSA) is 51.4 Å². The Morgan fingerprint density at radius 3 is 2.65 bits per heavy atom. The number of nitrogens with zero attached hydrogens (tertiary/aromatic N) is 3. The van der Waals surface area contributed by atoms with Crippen molar-refractivity contribution in [1.29, 1.82) is 0 Å². The summed E-state index contributed by atoms with van der Waals surface area (Å²) in [5, 5.41) is 3.97. The molecule has 0 saturated heterocycles. The maximum atomic E-state index is 5.35. The van der Waals surface area contributed by atoms with Gasteiger partial charge in [0.05, 0.1) is 13.7 Å². The Bertz CT molecular complexity index is 552. The lowest BCUT2D eigenvalue weighted by atomic mass is 10.2. The van der Waals surface area contributed by atoms with Crippen LogP contribution in [0.4, 0.5) is 0 Å². The summed E-state index contributed by atoms with van der Waals surface area (Å²) in [6.45, 7) is 5.49. The molecule has 20 heavy (non-hydrogen) atoms. The highest BCUT2D eigenvalue weighted by atomic mass is 16.5. The Morgan fingerprint density at radius 1 is 1.25 bits per heavy atom. The van der Waals surface area contributed by atoms with E-state index >= 15 is 0 Å². The zero-order valence-electron chi connectivity index (χ0n) is 12.5. The van der Waals surface area contributed by atoms with Crippen molar-refractivity contribution in [2.45, 2.75) is 32.9 Å². The summed E-state index contributed by atoms with van der Waals surface area (Å²) in [5.74, 6) is 2.58. The molecule has 0 unspecified atom stereocenters. The van der Waals surface area contributed by atoms with Gasteiger partial charge in [0.2, 0.25) is 5.89 Å². The van der Waals surface area contributed by atoms with E-state index in [0.717, 1.165) is 23.7 Å². The van der Waals surface area contributed by atoms with Gasteiger partial charge in [0.1, 0.15) is 5.75 Å². The molecule has 2 rings (SSSR count). The second-order valence-corrected chi connectivity index (χ2v) is 5.19. The van der Waals surface area contributed by atoms with Gasteiger partial charge in [0, 0.05) is 18.0 Å². The first kappa shape index (κ1) is 14.5. The van der Waals surface area contributed by atoms with Crippen LogP contribution in [0, 0.1) is 0 Å². The standard InChI is InChI=1S/C15H21N3O2/c1-11(2)15-16-14(20-17-15)10-18(3)9-12-7-5-6-8-13(12)19-4/h5-8,11H,9-10H2,1-4H3. The predicted octanol–water partition coefficient (Wildman–Crippen LogP) is 2.83. The van der Waals surface area contributed by atoms with Crippen LogP contribution in [0.5, 0.6) is 5.75 Å². The first-order chi connectivity index (χ1) is 9.60. The van der Waals surface area contributed by atoms with Gasteiger partial charge in [-0.15, -0.1) is 0 Å². The lowest BCUT2D eigenvalue weighted by molar-refractivity contribution is 0.257. The summed E-state index contributed by atoms with van der Waals surface area (Å²) in [6.07, 6.45) is 0. The third kappa shape index (κ3) is 3.57. The number of rotatable bonds is 6. The molecule has 2 aromatic rings. The van der Waals surface area contributed by atoms with E-state index in [0.29, 0.717) is 12.4 Å². The third-order valence-corrected chi connectivity index (χ3v) is 3.04. The third-order valence-electron chi connectivity index (χ3n) is 3.04. The molecule has 0 spiro atoms. The van der Waals surface area contributed by atoms with Crippen LogP contribution in [0.25, 0.3) is 0 Å². The second-order valence-electron chi connectivity index (χ2n) is 5.19. The van der Waals surface area contributed by atoms with Gasteiger partial charge in [0.15, 0.2) is 5.82 Å². The summed E-state index contributed by atoms with van der Waals surface area (Å²) in [5.41, 5.74) is 1.14. The molecule has 0 aliphatic carbocycles. The number of para-hydroxylation sites is 1. The van der Waals surface area contributed by atoms with Crippen molar-refractivity contribution in [3.05, 3.63) is 41.5 Å². The van der Waals surface area contributed by atoms with E-state index in [-0.39, 0.29) is 5.92 Å². The maximum absolute atomic E-state index is 5.35. The van der Waals surface area contributed by atoms with Crippen LogP contribution in [-0.4, -0.2) is 29.2 Å². The molecule has 1 aromatic carbocycles. The SMILES string of the molecule is COc1ccccc1CN(C)Cc1nc(C(C)C)no1. The lowest BCUT2D eigenvalue weighted by Gasteiger charge is -2.16. The van der Waals surface area contributed by atoms with Gasteiger partial charge in [-0.3, -0.25) is 4.90 Å². The number of benzene rings is 1. The van der Waals surface area contributed by atoms with E-state index in [1.54, 1.807) is 7.11 Å². The minimum absolute atomic E-state index is 0.284. The molecular weight excluding hydrogens is 254 g/mol. The van der Waals surface area contributed by atoms with E-state index in [1.165, 1.54) is 0 Å². The van der Waals surface area contributed by atoms with Crippen LogP contribution in [0.3, 0.4) is 0 Å². The van der Waals surface area contributed by atoms with Gasteiger partial charge in [0.25, 0.3) is 0 Å². The second kappa shape index (κ2) is 6.52. The molecule has 0 amide bonds. The van der Waals surface area contributed by atoms with Crippen molar-refractivity contribution in [2.24, 2.45) is 0 Å². The highest BCUT2D eigenvalue weighted by Crippen LogP contribution is 2.19. The number of hydrogen-bond donors (Lipinski definition) is 0. The summed E-state index contributed by atoms with van der Waals surface area (Å²) >= 11 is 0. The Kier molecular flexibility index (Phi) is 4.74. The van der Waals surface area contributed by atoms with Crippen LogP contribution < -0.4 is 4.74 Å². The average molecular weight is 275 g/mol. The maximum Gasteiger partial charge on any atom is 0.240 e. The van der Waals surface area contributed by atoms with Crippen LogP contribution in [0.2, 0.25) is 0 Å². The van der Waals surface area contributed by atoms with Crippen molar-refractivity contribution in [2.75, 3.05) is 14.2 Å². The van der Waals surface area contributed by atoms with Crippen molar-refractivity contribution in [3.8, 4) is 5.75 Å². The van der Waals surface area contributed by atoms with Gasteiger partial charge < -0.3 is 9.26 Å². The molecule has 0 aliphatic heterocycles. The van der Waals surface area contributed by atoms with Crippen LogP contribution >= 0.6 is 0 Å². The molecule has 0 fully saturated rings. The van der Waals surface area contributed by atoms with Gasteiger partial charge in [-0.1, -0.05) is 37.2 Å². The van der Waals surface area contributed by atoms with Gasteiger partial charge in [-0.2, -0.15) is 4.98 Å². The first-order valence-electron chi connectivity index (χ1n) is 6.73. The summed E-state index contributed by atoms with van der Waals surface area (Å²) in [7, 11) is 3.71. The molecule has 0 aliphatic rings. The quantitative estimate of drug-likeness (QED) is 0.811. The number of aromatic nitrogens is 2. The highest BCUT2D eigenvalue weighted by molar-refractivity contribution is 5.32. The first-order valence-corrected chi connectivity index (χ1v) is 6.73. The van der Waals surface area contributed by atoms with E-state index in [4.69, 9.17) is 9.26 Å². The summed E-state index contributed by atoms with van der Waals surface area (Å²) in [4.78, 5) is 6.50. The highest BCUT2D eigenvalue weighted by Gasteiger charge is 2.12. The van der Waals surface area contributed by atoms with E-state index in [2.05, 4.69) is 21.1 Å². The normalized spacial score (nSPS) is 11.3. The number of hydrogen-bond acceptors (Lipinski definition) is 5. The number of methoxy groups -OCH3 is 1. The lowest BCUT2D eigenvalue weighted by Crippen LogP contribution is -2.18. The molecular formula is C15H21N3O2. The average Bonchev–Trinajstić information content (AvgIpc) is 2.88. The fourth-order valence-corrected chi connectivity index (χ4v) is 1.98. The zero-order valence-corrected chi connectivity index (χ0v) is 12.5. The molecule has 0 N–H and O–H groups in total. The van der Waals surface area contributed by atoms with Crippen molar-refractivity contribution in [3.63, 3.8) is 0 Å². The van der Waals surface area contributed by atoms with Crippen LogP contribution in [0.15, 0.2) is 28.8 Å². The molecule has 0 radical (unpaired) electrons. The van der Waals surface area contributed by atoms with Crippen LogP contribution in [-0.2, 0) is 13.1 Å². The summed E-state index contributed by atoms with van der Waals surface area (Å²) < 4.78 is 10.6. The minimum atomic E-state index is 0.284. The fourth-order valence-electron chi connectivity index (χ4n) is 1.98. The zero-order chi connectivity index (χ0) is 14.5. The van der Waals surface area contributed by atoms with Crippen molar-refractivity contribution >= 4 is 0 Å². The Hall–Kier alpha value is -1.88. The number of ether oxygens (including phenoxy) is 1. The van der Waals surface area contributed by atoms with Crippen molar-refractivity contribution in [1.82, 2.24) is 15.0 Å². The molecule has 5 heteroatoms. The van der Waals surface area contributed by atoms with Gasteiger partial charge in [-0.05, 0) is 13.1 Å². The largest absolute Gasteiger partial charge is 0.496 e. The summed E-state index contributed by atoms with van der Waals surface area (Å²) in [6, 6.07) is 8.00. The Labute approximate surface area is 119 Å². The van der Waals surface area contributed by atoms with E-state index in [9.17, 15) is 0 Å². The molecule has 0 saturated carbocycles. The monoisotopic (exact) mass is 275 g/mol. The van der Waals surface area contributed by atoms with E-state index < -0.39 is 0 Å². The predicted molar refractivity (Wildman–Crippen MR) is 76.6 cm³/mol. The molecule has 5 nitrogen and oxygen atoms in total. The smallest absolute Gasteiger partial charge is 0.240 e. The molecule has 0 bridgehead atoms. The van der Waals surface area contributed by atoms with Gasteiger partial charge in [-0.25, -0.2) is 0 Å². The Morgan fingerprint density at radius 2 is 2.00 bits per heavy atom. The van der Waals surface area contributed by atoms with Crippen molar-refractivity contribution < 1.29 is 9.26 Å².